The topological polar surface area (TPSA) is 23.5 Å². The van der Waals surface area contributed by atoms with E-state index >= 15 is 0 Å². The van der Waals surface area contributed by atoms with Gasteiger partial charge in [-0.15, -0.1) is 0 Å². The molecule has 88 valence electrons. The molecule has 0 bridgehead atoms. The molecule has 2 aliphatic carbocycles. The van der Waals surface area contributed by atoms with Crippen molar-refractivity contribution >= 4 is 0 Å². The molecule has 0 aromatic carbocycles. The van der Waals surface area contributed by atoms with Crippen molar-refractivity contribution in [1.29, 1.82) is 0 Å². The highest BCUT2D eigenvalue weighted by Crippen LogP contribution is 2.33. The third-order valence-electron chi connectivity index (χ3n) is 4.28. The van der Waals surface area contributed by atoms with E-state index in [0.29, 0.717) is 6.04 Å². The highest BCUT2D eigenvalue weighted by atomic mass is 16.3. The van der Waals surface area contributed by atoms with Crippen molar-refractivity contribution in [2.45, 2.75) is 57.6 Å². The van der Waals surface area contributed by atoms with Crippen LogP contribution in [-0.4, -0.2) is 35.7 Å². The fourth-order valence-electron chi connectivity index (χ4n) is 2.85. The molecule has 2 nitrogen and oxygen atoms in total. The quantitative estimate of drug-likeness (QED) is 0.771. The van der Waals surface area contributed by atoms with Gasteiger partial charge in [0.25, 0.3) is 0 Å². The summed E-state index contributed by atoms with van der Waals surface area (Å²) >= 11 is 0. The van der Waals surface area contributed by atoms with Crippen LogP contribution < -0.4 is 0 Å². The van der Waals surface area contributed by atoms with Crippen molar-refractivity contribution in [3.63, 3.8) is 0 Å². The number of hydrogen-bond acceptors (Lipinski definition) is 2. The van der Waals surface area contributed by atoms with Crippen LogP contribution in [0.5, 0.6) is 0 Å². The second kappa shape index (κ2) is 4.84. The van der Waals surface area contributed by atoms with E-state index in [1.54, 1.807) is 0 Å². The minimum absolute atomic E-state index is 0.0467. The van der Waals surface area contributed by atoms with E-state index in [1.807, 2.05) is 0 Å². The predicted molar refractivity (Wildman–Crippen MR) is 62.8 cm³/mol. The van der Waals surface area contributed by atoms with Crippen LogP contribution in [-0.2, 0) is 0 Å². The van der Waals surface area contributed by atoms with E-state index in [0.717, 1.165) is 24.7 Å². The fourth-order valence-corrected chi connectivity index (χ4v) is 2.85. The molecule has 0 aromatic heterocycles. The van der Waals surface area contributed by atoms with Crippen molar-refractivity contribution < 1.29 is 5.11 Å². The average Bonchev–Trinajstić information content (AvgIpc) is 3.02. The molecule has 3 unspecified atom stereocenters. The number of aliphatic hydroxyl groups excluding tert-OH is 1. The predicted octanol–water partition coefficient (Wildman–Crippen LogP) is 2.27. The summed E-state index contributed by atoms with van der Waals surface area (Å²) in [5.41, 5.74) is 0. The van der Waals surface area contributed by atoms with E-state index in [4.69, 9.17) is 0 Å². The van der Waals surface area contributed by atoms with Gasteiger partial charge in [0.1, 0.15) is 0 Å². The Bertz CT molecular complexity index is 203. The fraction of sp³-hybridized carbons (Fsp3) is 1.00. The Hall–Kier alpha value is -0.0800. The number of rotatable bonds is 4. The third-order valence-corrected chi connectivity index (χ3v) is 4.28. The largest absolute Gasteiger partial charge is 0.393 e. The lowest BCUT2D eigenvalue weighted by molar-refractivity contribution is 0.0425. The number of aliphatic hydroxyl groups is 1. The first-order chi connectivity index (χ1) is 7.16. The molecular formula is C13H25NO. The minimum atomic E-state index is -0.0467. The molecule has 15 heavy (non-hydrogen) atoms. The molecule has 2 heteroatoms. The SMILES string of the molecule is CC1CCC(O)CC1N(C)CCC1CC1. The van der Waals surface area contributed by atoms with Crippen LogP contribution in [0, 0.1) is 11.8 Å². The number of hydrogen-bond donors (Lipinski definition) is 1. The first kappa shape index (κ1) is 11.4. The van der Waals surface area contributed by atoms with Gasteiger partial charge in [0.05, 0.1) is 6.10 Å². The van der Waals surface area contributed by atoms with Crippen LogP contribution in [0.2, 0.25) is 0 Å². The second-order valence-electron chi connectivity index (χ2n) is 5.72. The summed E-state index contributed by atoms with van der Waals surface area (Å²) in [6, 6.07) is 0.618. The Morgan fingerprint density at radius 1 is 1.20 bits per heavy atom. The van der Waals surface area contributed by atoms with Crippen LogP contribution in [0.4, 0.5) is 0 Å². The zero-order chi connectivity index (χ0) is 10.8. The number of nitrogens with zero attached hydrogens (tertiary/aromatic N) is 1. The van der Waals surface area contributed by atoms with Gasteiger partial charge in [-0.1, -0.05) is 19.8 Å². The molecule has 0 spiro atoms. The van der Waals surface area contributed by atoms with Crippen molar-refractivity contribution in [1.82, 2.24) is 4.90 Å². The van der Waals surface area contributed by atoms with Crippen molar-refractivity contribution in [2.75, 3.05) is 13.6 Å². The highest BCUT2D eigenvalue weighted by molar-refractivity contribution is 4.84. The second-order valence-corrected chi connectivity index (χ2v) is 5.72. The molecule has 0 radical (unpaired) electrons. The van der Waals surface area contributed by atoms with Crippen LogP contribution in [0.3, 0.4) is 0 Å². The summed E-state index contributed by atoms with van der Waals surface area (Å²) in [7, 11) is 2.24. The maximum atomic E-state index is 9.71. The van der Waals surface area contributed by atoms with Crippen LogP contribution >= 0.6 is 0 Å². The highest BCUT2D eigenvalue weighted by Gasteiger charge is 2.30. The van der Waals surface area contributed by atoms with Crippen LogP contribution in [0.15, 0.2) is 0 Å². The van der Waals surface area contributed by atoms with Gasteiger partial charge in [0.2, 0.25) is 0 Å². The molecule has 0 amide bonds. The normalized spacial score (nSPS) is 37.2. The lowest BCUT2D eigenvalue weighted by atomic mass is 9.83. The molecule has 0 heterocycles. The van der Waals surface area contributed by atoms with Crippen LogP contribution in [0.25, 0.3) is 0 Å². The average molecular weight is 211 g/mol. The summed E-state index contributed by atoms with van der Waals surface area (Å²) in [4.78, 5) is 2.49. The lowest BCUT2D eigenvalue weighted by Gasteiger charge is -2.38. The standard InChI is InChI=1S/C13H25NO/c1-10-3-6-12(15)9-13(10)14(2)8-7-11-4-5-11/h10-13,15H,3-9H2,1-2H3. The zero-order valence-electron chi connectivity index (χ0n) is 10.2. The Morgan fingerprint density at radius 3 is 2.60 bits per heavy atom. The van der Waals surface area contributed by atoms with Gasteiger partial charge in [0, 0.05) is 6.04 Å². The molecular weight excluding hydrogens is 186 g/mol. The summed E-state index contributed by atoms with van der Waals surface area (Å²) in [6.07, 6.45) is 7.42. The van der Waals surface area contributed by atoms with Gasteiger partial charge in [0.15, 0.2) is 0 Å². The van der Waals surface area contributed by atoms with Gasteiger partial charge in [-0.3, -0.25) is 0 Å². The summed E-state index contributed by atoms with van der Waals surface area (Å²) < 4.78 is 0. The smallest absolute Gasteiger partial charge is 0.0555 e. The monoisotopic (exact) mass is 211 g/mol. The molecule has 2 rings (SSSR count). The van der Waals surface area contributed by atoms with Crippen LogP contribution in [0.1, 0.15) is 45.4 Å². The Kier molecular flexibility index (Phi) is 3.68. The van der Waals surface area contributed by atoms with Gasteiger partial charge in [-0.05, 0) is 51.1 Å². The molecule has 0 aromatic rings. The molecule has 0 saturated heterocycles. The zero-order valence-corrected chi connectivity index (χ0v) is 10.2. The van der Waals surface area contributed by atoms with E-state index in [9.17, 15) is 5.11 Å². The van der Waals surface area contributed by atoms with E-state index in [2.05, 4.69) is 18.9 Å². The van der Waals surface area contributed by atoms with Gasteiger partial charge in [-0.2, -0.15) is 0 Å². The Morgan fingerprint density at radius 2 is 1.93 bits per heavy atom. The first-order valence-electron chi connectivity index (χ1n) is 6.55. The maximum absolute atomic E-state index is 9.71. The Balaban J connectivity index is 1.77. The summed E-state index contributed by atoms with van der Waals surface area (Å²) in [6.45, 7) is 3.57. The minimum Gasteiger partial charge on any atom is -0.393 e. The molecule has 2 aliphatic rings. The van der Waals surface area contributed by atoms with Crippen molar-refractivity contribution in [2.24, 2.45) is 11.8 Å². The van der Waals surface area contributed by atoms with Gasteiger partial charge < -0.3 is 10.0 Å². The van der Waals surface area contributed by atoms with Gasteiger partial charge in [-0.25, -0.2) is 0 Å². The van der Waals surface area contributed by atoms with E-state index in [-0.39, 0.29) is 6.10 Å². The van der Waals surface area contributed by atoms with E-state index < -0.39 is 0 Å². The molecule has 1 N–H and O–H groups in total. The third kappa shape index (κ3) is 3.18. The first-order valence-corrected chi connectivity index (χ1v) is 6.55. The van der Waals surface area contributed by atoms with E-state index in [1.165, 1.54) is 32.2 Å². The summed E-state index contributed by atoms with van der Waals surface area (Å²) in [5, 5.41) is 9.71. The molecule has 3 atom stereocenters. The van der Waals surface area contributed by atoms with Gasteiger partial charge >= 0.3 is 0 Å². The summed E-state index contributed by atoms with van der Waals surface area (Å²) in [5.74, 6) is 1.79. The Labute approximate surface area is 93.7 Å². The van der Waals surface area contributed by atoms with Crippen molar-refractivity contribution in [3.05, 3.63) is 0 Å². The van der Waals surface area contributed by atoms with Crippen molar-refractivity contribution in [3.8, 4) is 0 Å². The maximum Gasteiger partial charge on any atom is 0.0555 e. The molecule has 2 fully saturated rings. The lowest BCUT2D eigenvalue weighted by Crippen LogP contribution is -2.43. The molecule has 0 aliphatic heterocycles. The molecule has 2 saturated carbocycles.